The summed E-state index contributed by atoms with van der Waals surface area (Å²) < 4.78 is 7.55. The smallest absolute Gasteiger partial charge is 0.165 e. The highest BCUT2D eigenvalue weighted by Gasteiger charge is 2.30. The first-order valence-electron chi connectivity index (χ1n) is 5.00. The summed E-state index contributed by atoms with van der Waals surface area (Å²) in [4.78, 5) is 0. The maximum absolute atomic E-state index is 5.50. The maximum atomic E-state index is 5.50. The Balaban J connectivity index is 3.10. The maximum Gasteiger partial charge on any atom is 0.165 e. The van der Waals surface area contributed by atoms with E-state index in [1.807, 2.05) is 11.5 Å². The summed E-state index contributed by atoms with van der Waals surface area (Å²) in [6, 6.07) is 0.362. The molecular weight excluding hydrogens is 178 g/mol. The molecule has 0 bridgehead atoms. The second-order valence-electron chi connectivity index (χ2n) is 3.94. The highest BCUT2D eigenvalue weighted by molar-refractivity contribution is 5.01. The van der Waals surface area contributed by atoms with Gasteiger partial charge in [0.15, 0.2) is 5.82 Å². The van der Waals surface area contributed by atoms with Gasteiger partial charge in [0.1, 0.15) is 11.9 Å². The summed E-state index contributed by atoms with van der Waals surface area (Å²) in [6.07, 6.45) is 2.64. The van der Waals surface area contributed by atoms with Crippen molar-refractivity contribution in [1.29, 1.82) is 0 Å². The minimum absolute atomic E-state index is 0.333. The lowest BCUT2D eigenvalue weighted by Gasteiger charge is -2.27. The molecule has 0 saturated carbocycles. The fourth-order valence-corrected chi connectivity index (χ4v) is 1.39. The molecule has 0 aliphatic carbocycles. The predicted octanol–water partition coefficient (Wildman–Crippen LogP) is 2.13. The first kappa shape index (κ1) is 11.2. The van der Waals surface area contributed by atoms with Gasteiger partial charge in [0.2, 0.25) is 0 Å². The van der Waals surface area contributed by atoms with Crippen molar-refractivity contribution in [3.05, 3.63) is 12.2 Å². The van der Waals surface area contributed by atoms with Crippen molar-refractivity contribution >= 4 is 0 Å². The Labute approximate surface area is 85.3 Å². The molecule has 0 spiro atoms. The van der Waals surface area contributed by atoms with Crippen molar-refractivity contribution in [2.75, 3.05) is 7.11 Å². The number of hydrogen-bond donors (Lipinski definition) is 0. The van der Waals surface area contributed by atoms with Crippen LogP contribution < -0.4 is 0 Å². The molecule has 1 unspecified atom stereocenters. The number of nitrogens with zero attached hydrogens (tertiary/aromatic N) is 3. The molecule has 0 aromatic carbocycles. The number of hydrogen-bond acceptors (Lipinski definition) is 3. The number of aromatic nitrogens is 3. The second-order valence-corrected chi connectivity index (χ2v) is 3.94. The molecule has 1 atom stereocenters. The van der Waals surface area contributed by atoms with Crippen LogP contribution in [-0.4, -0.2) is 21.9 Å². The van der Waals surface area contributed by atoms with Crippen molar-refractivity contribution in [3.8, 4) is 0 Å². The molecule has 14 heavy (non-hydrogen) atoms. The van der Waals surface area contributed by atoms with Crippen LogP contribution in [0.15, 0.2) is 6.33 Å². The van der Waals surface area contributed by atoms with E-state index in [2.05, 4.69) is 31.0 Å². The Morgan fingerprint density at radius 2 is 2.21 bits per heavy atom. The molecular formula is C10H19N3O. The van der Waals surface area contributed by atoms with Crippen LogP contribution in [0, 0.1) is 0 Å². The molecule has 0 aliphatic heterocycles. The van der Waals surface area contributed by atoms with Crippen LogP contribution in [0.1, 0.15) is 46.0 Å². The Kier molecular flexibility index (Phi) is 3.26. The number of rotatable bonds is 4. The lowest BCUT2D eigenvalue weighted by molar-refractivity contribution is -0.0127. The average Bonchev–Trinajstić information content (AvgIpc) is 2.65. The largest absolute Gasteiger partial charge is 0.371 e. The summed E-state index contributed by atoms with van der Waals surface area (Å²) in [5.41, 5.74) is -0.333. The van der Waals surface area contributed by atoms with E-state index < -0.39 is 0 Å². The van der Waals surface area contributed by atoms with Crippen LogP contribution in [-0.2, 0) is 10.3 Å². The average molecular weight is 197 g/mol. The quantitative estimate of drug-likeness (QED) is 0.742. The summed E-state index contributed by atoms with van der Waals surface area (Å²) in [5.74, 6) is 0.900. The van der Waals surface area contributed by atoms with Crippen LogP contribution in [0.3, 0.4) is 0 Å². The fraction of sp³-hybridized carbons (Fsp3) is 0.800. The van der Waals surface area contributed by atoms with E-state index in [1.165, 1.54) is 0 Å². The molecule has 4 heteroatoms. The van der Waals surface area contributed by atoms with Crippen LogP contribution in [0.25, 0.3) is 0 Å². The standard InChI is InChI=1S/C10H19N3O/c1-6-10(4,14-5)9-12-11-7-13(9)8(2)3/h7-8H,6H2,1-5H3. The molecule has 1 heterocycles. The summed E-state index contributed by atoms with van der Waals surface area (Å²) in [5, 5.41) is 8.08. The van der Waals surface area contributed by atoms with Crippen LogP contribution in [0.2, 0.25) is 0 Å². The first-order valence-corrected chi connectivity index (χ1v) is 5.00. The predicted molar refractivity (Wildman–Crippen MR) is 55.1 cm³/mol. The SMILES string of the molecule is CCC(C)(OC)c1nncn1C(C)C. The molecule has 4 nitrogen and oxygen atoms in total. The molecule has 1 rings (SSSR count). The molecule has 0 radical (unpaired) electrons. The van der Waals surface area contributed by atoms with E-state index >= 15 is 0 Å². The molecule has 1 aromatic heterocycles. The monoisotopic (exact) mass is 197 g/mol. The van der Waals surface area contributed by atoms with E-state index in [1.54, 1.807) is 13.4 Å². The fourth-order valence-electron chi connectivity index (χ4n) is 1.39. The van der Waals surface area contributed by atoms with Gasteiger partial charge in [-0.1, -0.05) is 6.92 Å². The molecule has 0 fully saturated rings. The third-order valence-electron chi connectivity index (χ3n) is 2.73. The van der Waals surface area contributed by atoms with Gasteiger partial charge in [-0.2, -0.15) is 0 Å². The van der Waals surface area contributed by atoms with Gasteiger partial charge in [-0.3, -0.25) is 0 Å². The summed E-state index contributed by atoms with van der Waals surface area (Å²) >= 11 is 0. The van der Waals surface area contributed by atoms with Crippen molar-refractivity contribution in [2.45, 2.75) is 45.8 Å². The van der Waals surface area contributed by atoms with E-state index in [-0.39, 0.29) is 5.60 Å². The molecule has 0 amide bonds. The highest BCUT2D eigenvalue weighted by atomic mass is 16.5. The molecule has 80 valence electrons. The van der Waals surface area contributed by atoms with E-state index in [0.29, 0.717) is 6.04 Å². The zero-order valence-electron chi connectivity index (χ0n) is 9.61. The molecule has 0 aliphatic rings. The zero-order valence-corrected chi connectivity index (χ0v) is 9.61. The van der Waals surface area contributed by atoms with E-state index in [4.69, 9.17) is 4.74 Å². The Hall–Kier alpha value is -0.900. The first-order chi connectivity index (χ1) is 6.55. The number of ether oxygens (including phenoxy) is 1. The molecule has 0 N–H and O–H groups in total. The summed E-state index contributed by atoms with van der Waals surface area (Å²) in [7, 11) is 1.71. The van der Waals surface area contributed by atoms with Gasteiger partial charge in [0.05, 0.1) is 0 Å². The van der Waals surface area contributed by atoms with Gasteiger partial charge < -0.3 is 9.30 Å². The van der Waals surface area contributed by atoms with Gasteiger partial charge >= 0.3 is 0 Å². The van der Waals surface area contributed by atoms with Crippen LogP contribution in [0.5, 0.6) is 0 Å². The van der Waals surface area contributed by atoms with Gasteiger partial charge in [0.25, 0.3) is 0 Å². The van der Waals surface area contributed by atoms with Crippen molar-refractivity contribution < 1.29 is 4.74 Å². The lowest BCUT2D eigenvalue weighted by atomic mass is 10.0. The topological polar surface area (TPSA) is 39.9 Å². The highest BCUT2D eigenvalue weighted by Crippen LogP contribution is 2.27. The normalized spacial score (nSPS) is 15.9. The van der Waals surface area contributed by atoms with Crippen molar-refractivity contribution in [3.63, 3.8) is 0 Å². The minimum atomic E-state index is -0.333. The van der Waals surface area contributed by atoms with E-state index in [0.717, 1.165) is 12.2 Å². The Bertz CT molecular complexity index is 289. The molecule has 0 saturated heterocycles. The second kappa shape index (κ2) is 4.09. The van der Waals surface area contributed by atoms with Crippen molar-refractivity contribution in [2.24, 2.45) is 0 Å². The van der Waals surface area contributed by atoms with Crippen molar-refractivity contribution in [1.82, 2.24) is 14.8 Å². The van der Waals surface area contributed by atoms with E-state index in [9.17, 15) is 0 Å². The molecule has 1 aromatic rings. The van der Waals surface area contributed by atoms with Gasteiger partial charge in [-0.15, -0.1) is 10.2 Å². The van der Waals surface area contributed by atoms with Gasteiger partial charge in [-0.25, -0.2) is 0 Å². The third kappa shape index (κ3) is 1.80. The Morgan fingerprint density at radius 3 is 2.64 bits per heavy atom. The van der Waals surface area contributed by atoms with Crippen LogP contribution >= 0.6 is 0 Å². The Morgan fingerprint density at radius 1 is 1.57 bits per heavy atom. The zero-order chi connectivity index (χ0) is 10.8. The summed E-state index contributed by atoms with van der Waals surface area (Å²) in [6.45, 7) is 8.34. The third-order valence-corrected chi connectivity index (χ3v) is 2.73. The number of methoxy groups -OCH3 is 1. The van der Waals surface area contributed by atoms with Crippen LogP contribution in [0.4, 0.5) is 0 Å². The van der Waals surface area contributed by atoms with Gasteiger partial charge in [-0.05, 0) is 27.2 Å². The lowest BCUT2D eigenvalue weighted by Crippen LogP contribution is -2.28. The minimum Gasteiger partial charge on any atom is -0.371 e. The van der Waals surface area contributed by atoms with Gasteiger partial charge in [0, 0.05) is 13.2 Å².